The number of nitrogens with one attached hydrogen (secondary N) is 2. The SMILES string of the molecule is O=C(CNCCC(=S)Nc1cc(Cl)ccc1Cl)CO/N=C/c1ccc(Cl)cc1Cl. The maximum atomic E-state index is 11.8. The number of carbonyl (C=O) groups is 1. The predicted octanol–water partition coefficient (Wildman–Crippen LogP) is 5.64. The number of oxime groups is 1. The lowest BCUT2D eigenvalue weighted by molar-refractivity contribution is -0.122. The fraction of sp³-hybridized carbons (Fsp3) is 0.211. The van der Waals surface area contributed by atoms with Gasteiger partial charge in [-0.25, -0.2) is 0 Å². The molecule has 2 rings (SSSR count). The van der Waals surface area contributed by atoms with Crippen molar-refractivity contribution in [3.8, 4) is 0 Å². The summed E-state index contributed by atoms with van der Waals surface area (Å²) >= 11 is 29.1. The van der Waals surface area contributed by atoms with Gasteiger partial charge in [-0.3, -0.25) is 4.79 Å². The van der Waals surface area contributed by atoms with Gasteiger partial charge in [0, 0.05) is 28.6 Å². The summed E-state index contributed by atoms with van der Waals surface area (Å²) in [4.78, 5) is 17.4. The number of ketones is 1. The van der Waals surface area contributed by atoms with Crippen molar-refractivity contribution in [2.24, 2.45) is 5.16 Å². The Hall–Kier alpha value is -1.41. The summed E-state index contributed by atoms with van der Waals surface area (Å²) in [6.07, 6.45) is 1.95. The summed E-state index contributed by atoms with van der Waals surface area (Å²) in [6, 6.07) is 10.1. The number of Topliss-reactive ketones (excluding diaryl/α,β-unsaturated/α-hetero) is 1. The highest BCUT2D eigenvalue weighted by Gasteiger charge is 2.06. The average molecular weight is 493 g/mol. The van der Waals surface area contributed by atoms with Gasteiger partial charge in [0.15, 0.2) is 12.4 Å². The molecule has 5 nitrogen and oxygen atoms in total. The zero-order valence-electron chi connectivity index (χ0n) is 15.1. The molecule has 0 aliphatic carbocycles. The van der Waals surface area contributed by atoms with Gasteiger partial charge in [0.2, 0.25) is 0 Å². The molecule has 0 aliphatic rings. The van der Waals surface area contributed by atoms with E-state index in [2.05, 4.69) is 15.8 Å². The molecule has 0 atom stereocenters. The largest absolute Gasteiger partial charge is 0.388 e. The minimum absolute atomic E-state index is 0.137. The number of hydrogen-bond donors (Lipinski definition) is 2. The molecule has 0 spiro atoms. The normalized spacial score (nSPS) is 10.9. The van der Waals surface area contributed by atoms with Crippen LogP contribution < -0.4 is 10.6 Å². The van der Waals surface area contributed by atoms with E-state index < -0.39 is 0 Å². The summed E-state index contributed by atoms with van der Waals surface area (Å²) in [6.45, 7) is 0.493. The molecular formula is C19H17Cl4N3O2S. The summed E-state index contributed by atoms with van der Waals surface area (Å²) in [5.74, 6) is -0.152. The first-order chi connectivity index (χ1) is 13.8. The average Bonchev–Trinajstić information content (AvgIpc) is 2.67. The highest BCUT2D eigenvalue weighted by molar-refractivity contribution is 7.80. The lowest BCUT2D eigenvalue weighted by atomic mass is 10.2. The highest BCUT2D eigenvalue weighted by atomic mass is 35.5. The van der Waals surface area contributed by atoms with E-state index in [0.717, 1.165) is 0 Å². The van der Waals surface area contributed by atoms with Gasteiger partial charge < -0.3 is 15.5 Å². The third-order valence-electron chi connectivity index (χ3n) is 3.51. The van der Waals surface area contributed by atoms with Gasteiger partial charge in [0.1, 0.15) is 0 Å². The second-order valence-corrected chi connectivity index (χ2v) is 7.99. The van der Waals surface area contributed by atoms with E-state index in [0.29, 0.717) is 49.3 Å². The number of halogens is 4. The number of nitrogens with zero attached hydrogens (tertiary/aromatic N) is 1. The lowest BCUT2D eigenvalue weighted by Crippen LogP contribution is -2.28. The van der Waals surface area contributed by atoms with Crippen LogP contribution in [0.15, 0.2) is 41.6 Å². The topological polar surface area (TPSA) is 62.7 Å². The Bertz CT molecular complexity index is 909. The van der Waals surface area contributed by atoms with Crippen LogP contribution in [0.5, 0.6) is 0 Å². The van der Waals surface area contributed by atoms with Crippen LogP contribution in [-0.2, 0) is 9.63 Å². The van der Waals surface area contributed by atoms with E-state index in [1.165, 1.54) is 6.21 Å². The van der Waals surface area contributed by atoms with Crippen LogP contribution in [0.25, 0.3) is 0 Å². The van der Waals surface area contributed by atoms with E-state index in [4.69, 9.17) is 63.5 Å². The number of hydrogen-bond acceptors (Lipinski definition) is 5. The Labute approximate surface area is 194 Å². The maximum absolute atomic E-state index is 11.8. The first kappa shape index (κ1) is 23.9. The maximum Gasteiger partial charge on any atom is 0.186 e. The molecule has 0 saturated carbocycles. The molecule has 0 fully saturated rings. The summed E-state index contributed by atoms with van der Waals surface area (Å²) in [5.41, 5.74) is 1.29. The molecule has 0 aliphatic heterocycles. The second kappa shape index (κ2) is 12.3. The molecule has 0 bridgehead atoms. The van der Waals surface area contributed by atoms with Gasteiger partial charge in [0.25, 0.3) is 0 Å². The van der Waals surface area contributed by atoms with Gasteiger partial charge in [-0.15, -0.1) is 0 Å². The highest BCUT2D eigenvalue weighted by Crippen LogP contribution is 2.25. The molecule has 154 valence electrons. The van der Waals surface area contributed by atoms with Crippen molar-refractivity contribution in [1.29, 1.82) is 0 Å². The zero-order valence-corrected chi connectivity index (χ0v) is 18.9. The fourth-order valence-electron chi connectivity index (χ4n) is 2.10. The molecule has 0 saturated heterocycles. The van der Waals surface area contributed by atoms with Crippen LogP contribution in [0.4, 0.5) is 5.69 Å². The number of benzene rings is 2. The van der Waals surface area contributed by atoms with Crippen LogP contribution in [0, 0.1) is 0 Å². The molecule has 2 aromatic carbocycles. The van der Waals surface area contributed by atoms with Crippen LogP contribution in [0.3, 0.4) is 0 Å². The van der Waals surface area contributed by atoms with Crippen molar-refractivity contribution in [3.63, 3.8) is 0 Å². The Morgan fingerprint density at radius 2 is 1.79 bits per heavy atom. The van der Waals surface area contributed by atoms with Crippen molar-refractivity contribution < 1.29 is 9.63 Å². The van der Waals surface area contributed by atoms with E-state index >= 15 is 0 Å². The Kier molecular flexibility index (Phi) is 10.1. The molecule has 2 N–H and O–H groups in total. The van der Waals surface area contributed by atoms with E-state index in [1.54, 1.807) is 36.4 Å². The third kappa shape index (κ3) is 8.86. The quantitative estimate of drug-likeness (QED) is 0.194. The molecule has 10 heteroatoms. The molecule has 0 unspecified atom stereocenters. The van der Waals surface area contributed by atoms with Crippen LogP contribution in [0.2, 0.25) is 20.1 Å². The van der Waals surface area contributed by atoms with Crippen LogP contribution >= 0.6 is 58.6 Å². The van der Waals surface area contributed by atoms with Gasteiger partial charge in [-0.05, 0) is 30.3 Å². The van der Waals surface area contributed by atoms with Crippen LogP contribution in [0.1, 0.15) is 12.0 Å². The summed E-state index contributed by atoms with van der Waals surface area (Å²) in [5, 5.41) is 11.8. The molecule has 29 heavy (non-hydrogen) atoms. The molecule has 2 aromatic rings. The van der Waals surface area contributed by atoms with E-state index in [-0.39, 0.29) is 18.9 Å². The second-order valence-electron chi connectivity index (χ2n) is 5.81. The van der Waals surface area contributed by atoms with Gasteiger partial charge in [-0.1, -0.05) is 69.8 Å². The van der Waals surface area contributed by atoms with Crippen molar-refractivity contribution in [1.82, 2.24) is 5.32 Å². The Morgan fingerprint density at radius 3 is 2.55 bits per heavy atom. The molecule has 0 amide bonds. The molecule has 0 radical (unpaired) electrons. The molecule has 0 aromatic heterocycles. The van der Waals surface area contributed by atoms with Crippen LogP contribution in [-0.4, -0.2) is 36.7 Å². The first-order valence-corrected chi connectivity index (χ1v) is 10.3. The van der Waals surface area contributed by atoms with Crippen molar-refractivity contribution >= 4 is 81.3 Å². The van der Waals surface area contributed by atoms with Crippen molar-refractivity contribution in [3.05, 3.63) is 62.1 Å². The van der Waals surface area contributed by atoms with Crippen molar-refractivity contribution in [2.45, 2.75) is 6.42 Å². The zero-order chi connectivity index (χ0) is 21.2. The standard InChI is InChI=1S/C19H17Cl4N3O2S/c20-13-2-1-12(17(23)7-13)9-25-28-11-15(27)10-24-6-5-19(29)26-18-8-14(21)3-4-16(18)22/h1-4,7-9,24H,5-6,10-11H2,(H,26,29)/b25-9+. The minimum Gasteiger partial charge on any atom is -0.388 e. The smallest absolute Gasteiger partial charge is 0.186 e. The molecular weight excluding hydrogens is 476 g/mol. The molecule has 0 heterocycles. The predicted molar refractivity (Wildman–Crippen MR) is 125 cm³/mol. The monoisotopic (exact) mass is 491 g/mol. The number of carbonyl (C=O) groups excluding carboxylic acids is 1. The Balaban J connectivity index is 1.62. The summed E-state index contributed by atoms with van der Waals surface area (Å²) < 4.78 is 0. The number of anilines is 1. The minimum atomic E-state index is -0.157. The van der Waals surface area contributed by atoms with Gasteiger partial charge in [-0.2, -0.15) is 0 Å². The van der Waals surface area contributed by atoms with E-state index in [1.807, 2.05) is 0 Å². The third-order valence-corrected chi connectivity index (χ3v) is 4.94. The lowest BCUT2D eigenvalue weighted by Gasteiger charge is -2.10. The fourth-order valence-corrected chi connectivity index (χ4v) is 3.10. The number of thiocarbonyl (C=S) groups is 1. The summed E-state index contributed by atoms with van der Waals surface area (Å²) in [7, 11) is 0. The first-order valence-electron chi connectivity index (χ1n) is 8.43. The Morgan fingerprint density at radius 1 is 1.07 bits per heavy atom. The number of rotatable bonds is 10. The van der Waals surface area contributed by atoms with Gasteiger partial charge in [0.05, 0.1) is 33.5 Å². The van der Waals surface area contributed by atoms with Crippen molar-refractivity contribution in [2.75, 3.05) is 25.0 Å². The van der Waals surface area contributed by atoms with E-state index in [9.17, 15) is 4.79 Å². The van der Waals surface area contributed by atoms with Gasteiger partial charge >= 0.3 is 0 Å².